The lowest BCUT2D eigenvalue weighted by molar-refractivity contribution is -0.274. The Bertz CT molecular complexity index is 730. The third kappa shape index (κ3) is 5.09. The van der Waals surface area contributed by atoms with Crippen LogP contribution in [0.2, 0.25) is 0 Å². The number of nitrogens with one attached hydrogen (secondary N) is 2. The molecule has 10 heteroatoms. The number of halogens is 3. The normalized spacial score (nSPS) is 11.3. The Morgan fingerprint density at radius 2 is 2.04 bits per heavy atom. The molecule has 2 N–H and O–H groups in total. The van der Waals surface area contributed by atoms with Crippen LogP contribution >= 0.6 is 11.3 Å². The van der Waals surface area contributed by atoms with Crippen molar-refractivity contribution in [1.29, 1.82) is 0 Å². The zero-order valence-electron chi connectivity index (χ0n) is 11.9. The molecule has 6 nitrogen and oxygen atoms in total. The van der Waals surface area contributed by atoms with Gasteiger partial charge >= 0.3 is 6.36 Å². The van der Waals surface area contributed by atoms with Crippen LogP contribution in [0.3, 0.4) is 0 Å². The Morgan fingerprint density at radius 1 is 1.30 bits per heavy atom. The standard InChI is InChI=1S/C13H12F3N3O3S/c1-2-10(20)17-6-11(21)19-12-18-8-4-3-7(5-9(8)23-12)22-13(14,15)16/h3-5H,2,6H2,1H3,(H,17,20)(H,18,19,21). The highest BCUT2D eigenvalue weighted by Gasteiger charge is 2.31. The van der Waals surface area contributed by atoms with E-state index in [0.29, 0.717) is 10.2 Å². The van der Waals surface area contributed by atoms with Crippen molar-refractivity contribution in [3.8, 4) is 5.75 Å². The lowest BCUT2D eigenvalue weighted by Gasteiger charge is -2.07. The Hall–Kier alpha value is -2.36. The van der Waals surface area contributed by atoms with Gasteiger partial charge in [-0.3, -0.25) is 9.59 Å². The monoisotopic (exact) mass is 347 g/mol. The van der Waals surface area contributed by atoms with Crippen molar-refractivity contribution in [2.24, 2.45) is 0 Å². The number of fused-ring (bicyclic) bond motifs is 1. The van der Waals surface area contributed by atoms with Crippen LogP contribution in [0.5, 0.6) is 5.75 Å². The number of benzene rings is 1. The fraction of sp³-hybridized carbons (Fsp3) is 0.308. The van der Waals surface area contributed by atoms with Gasteiger partial charge in [0.2, 0.25) is 11.8 Å². The maximum atomic E-state index is 12.2. The number of rotatable bonds is 5. The molecular weight excluding hydrogens is 335 g/mol. The van der Waals surface area contributed by atoms with Gasteiger partial charge in [0.1, 0.15) is 5.75 Å². The summed E-state index contributed by atoms with van der Waals surface area (Å²) in [5.74, 6) is -1.10. The number of aromatic nitrogens is 1. The molecule has 2 rings (SSSR count). The molecule has 1 aromatic heterocycles. The highest BCUT2D eigenvalue weighted by atomic mass is 32.1. The molecule has 0 bridgehead atoms. The topological polar surface area (TPSA) is 80.3 Å². The zero-order valence-corrected chi connectivity index (χ0v) is 12.7. The number of anilines is 1. The lowest BCUT2D eigenvalue weighted by atomic mass is 10.3. The molecule has 0 aliphatic carbocycles. The predicted octanol–water partition coefficient (Wildman–Crippen LogP) is 2.66. The van der Waals surface area contributed by atoms with Gasteiger partial charge in [-0.1, -0.05) is 18.3 Å². The molecule has 1 aromatic carbocycles. The molecule has 23 heavy (non-hydrogen) atoms. The number of hydrogen-bond acceptors (Lipinski definition) is 5. The van der Waals surface area contributed by atoms with Crippen LogP contribution in [0.4, 0.5) is 18.3 Å². The summed E-state index contributed by atoms with van der Waals surface area (Å²) in [7, 11) is 0. The SMILES string of the molecule is CCC(=O)NCC(=O)Nc1nc2ccc(OC(F)(F)F)cc2s1. The highest BCUT2D eigenvalue weighted by Crippen LogP contribution is 2.31. The molecule has 124 valence electrons. The highest BCUT2D eigenvalue weighted by molar-refractivity contribution is 7.22. The first-order valence-corrected chi connectivity index (χ1v) is 7.31. The van der Waals surface area contributed by atoms with Crippen molar-refractivity contribution in [3.63, 3.8) is 0 Å². The van der Waals surface area contributed by atoms with Gasteiger partial charge in [-0.05, 0) is 12.1 Å². The molecule has 0 aliphatic rings. The number of thiazole rings is 1. The summed E-state index contributed by atoms with van der Waals surface area (Å²) >= 11 is 1.00. The van der Waals surface area contributed by atoms with Crippen LogP contribution in [-0.4, -0.2) is 29.7 Å². The van der Waals surface area contributed by atoms with Crippen molar-refractivity contribution in [2.45, 2.75) is 19.7 Å². The average molecular weight is 347 g/mol. The van der Waals surface area contributed by atoms with Gasteiger partial charge in [0.15, 0.2) is 5.13 Å². The van der Waals surface area contributed by atoms with E-state index in [1.807, 2.05) is 0 Å². The van der Waals surface area contributed by atoms with Crippen molar-refractivity contribution < 1.29 is 27.5 Å². The summed E-state index contributed by atoms with van der Waals surface area (Å²) in [5, 5.41) is 5.09. The number of carbonyl (C=O) groups is 2. The van der Waals surface area contributed by atoms with Crippen LogP contribution in [0.25, 0.3) is 10.2 Å². The molecule has 0 saturated carbocycles. The van der Waals surface area contributed by atoms with E-state index in [-0.39, 0.29) is 29.8 Å². The second kappa shape index (κ2) is 6.82. The van der Waals surface area contributed by atoms with Gasteiger partial charge in [0.25, 0.3) is 0 Å². The Labute approximate surface area is 132 Å². The minimum Gasteiger partial charge on any atom is -0.406 e. The van der Waals surface area contributed by atoms with Crippen LogP contribution in [-0.2, 0) is 9.59 Å². The largest absolute Gasteiger partial charge is 0.573 e. The molecule has 2 aromatic rings. The van der Waals surface area contributed by atoms with Crippen molar-refractivity contribution in [3.05, 3.63) is 18.2 Å². The lowest BCUT2D eigenvalue weighted by Crippen LogP contribution is -2.32. The quantitative estimate of drug-likeness (QED) is 0.871. The van der Waals surface area contributed by atoms with E-state index < -0.39 is 12.3 Å². The van der Waals surface area contributed by atoms with Gasteiger partial charge in [-0.25, -0.2) is 4.98 Å². The van der Waals surface area contributed by atoms with E-state index in [1.54, 1.807) is 6.92 Å². The smallest absolute Gasteiger partial charge is 0.406 e. The second-order valence-electron chi connectivity index (χ2n) is 4.37. The Morgan fingerprint density at radius 3 is 2.70 bits per heavy atom. The molecule has 0 unspecified atom stereocenters. The van der Waals surface area contributed by atoms with Crippen LogP contribution in [0.15, 0.2) is 18.2 Å². The average Bonchev–Trinajstić information content (AvgIpc) is 2.84. The van der Waals surface area contributed by atoms with Crippen LogP contribution < -0.4 is 15.4 Å². The van der Waals surface area contributed by atoms with Gasteiger partial charge in [-0.2, -0.15) is 0 Å². The van der Waals surface area contributed by atoms with Crippen molar-refractivity contribution in [1.82, 2.24) is 10.3 Å². The molecule has 2 amide bonds. The molecule has 0 spiro atoms. The number of hydrogen-bond donors (Lipinski definition) is 2. The van der Waals surface area contributed by atoms with Gasteiger partial charge in [0, 0.05) is 12.5 Å². The molecule has 0 radical (unpaired) electrons. The molecule has 1 heterocycles. The first-order chi connectivity index (χ1) is 10.8. The molecule has 0 saturated heterocycles. The Kier molecular flexibility index (Phi) is 5.04. The summed E-state index contributed by atoms with van der Waals surface area (Å²) in [4.78, 5) is 26.8. The molecule has 0 aliphatic heterocycles. The first-order valence-electron chi connectivity index (χ1n) is 6.49. The zero-order chi connectivity index (χ0) is 17.0. The minimum absolute atomic E-state index is 0.203. The van der Waals surface area contributed by atoms with Crippen LogP contribution in [0, 0.1) is 0 Å². The summed E-state index contributed by atoms with van der Waals surface area (Å²) in [6.07, 6.45) is -4.51. The number of ether oxygens (including phenoxy) is 1. The number of nitrogens with zero attached hydrogens (tertiary/aromatic N) is 1. The molecule has 0 fully saturated rings. The van der Waals surface area contributed by atoms with Gasteiger partial charge in [0.05, 0.1) is 16.8 Å². The van der Waals surface area contributed by atoms with E-state index in [0.717, 1.165) is 17.4 Å². The van der Waals surface area contributed by atoms with Crippen molar-refractivity contribution in [2.75, 3.05) is 11.9 Å². The van der Waals surface area contributed by atoms with Gasteiger partial charge < -0.3 is 15.4 Å². The number of amides is 2. The Balaban J connectivity index is 2.05. The molecular formula is C13H12F3N3O3S. The van der Waals surface area contributed by atoms with E-state index >= 15 is 0 Å². The maximum Gasteiger partial charge on any atom is 0.573 e. The third-order valence-electron chi connectivity index (χ3n) is 2.61. The van der Waals surface area contributed by atoms with Crippen LogP contribution in [0.1, 0.15) is 13.3 Å². The van der Waals surface area contributed by atoms with E-state index in [2.05, 4.69) is 20.4 Å². The summed E-state index contributed by atoms with van der Waals surface area (Å²) in [6, 6.07) is 3.69. The van der Waals surface area contributed by atoms with E-state index in [9.17, 15) is 22.8 Å². The van der Waals surface area contributed by atoms with Gasteiger partial charge in [-0.15, -0.1) is 13.2 Å². The van der Waals surface area contributed by atoms with E-state index in [4.69, 9.17) is 0 Å². The molecule has 0 atom stereocenters. The minimum atomic E-state index is -4.77. The van der Waals surface area contributed by atoms with Crippen molar-refractivity contribution >= 4 is 38.5 Å². The summed E-state index contributed by atoms with van der Waals surface area (Å²) in [5.41, 5.74) is 0.428. The second-order valence-corrected chi connectivity index (χ2v) is 5.41. The fourth-order valence-electron chi connectivity index (χ4n) is 1.62. The van der Waals surface area contributed by atoms with E-state index in [1.165, 1.54) is 12.1 Å². The predicted molar refractivity (Wildman–Crippen MR) is 78.2 cm³/mol. The number of carbonyl (C=O) groups excluding carboxylic acids is 2. The fourth-order valence-corrected chi connectivity index (χ4v) is 2.53. The first kappa shape index (κ1) is 17.0. The summed E-state index contributed by atoms with van der Waals surface area (Å²) in [6.45, 7) is 1.45. The maximum absolute atomic E-state index is 12.2. The third-order valence-corrected chi connectivity index (χ3v) is 3.54. The number of alkyl halides is 3. The summed E-state index contributed by atoms with van der Waals surface area (Å²) < 4.78 is 40.8.